The van der Waals surface area contributed by atoms with Crippen LogP contribution in [0.1, 0.15) is 17.5 Å². The standard InChI is InChI=1S/C28H28ClFN4O7S/c1-32(2)41-26(35)24-15-18(30)16-33(24)28(21-6-5-13-31-25(21)40-4)22-14-17(29)7-12-23(22)34(27(28)36)42(37,38)20-10-8-19(39-3)9-11-20/h5-14,18,24H,15-16H2,1-4H3/t18-,24+,28?/m1/s1. The number of ether oxygens (including phenoxy) is 2. The highest BCUT2D eigenvalue weighted by Gasteiger charge is 2.64. The van der Waals surface area contributed by atoms with Gasteiger partial charge in [-0.3, -0.25) is 9.69 Å². The van der Waals surface area contributed by atoms with Gasteiger partial charge < -0.3 is 14.3 Å². The van der Waals surface area contributed by atoms with Crippen LogP contribution in [-0.2, 0) is 30.0 Å². The minimum Gasteiger partial charge on any atom is -0.497 e. The van der Waals surface area contributed by atoms with Crippen LogP contribution in [0.25, 0.3) is 0 Å². The minimum absolute atomic E-state index is 0.0202. The van der Waals surface area contributed by atoms with Crippen molar-refractivity contribution in [1.82, 2.24) is 14.9 Å². The van der Waals surface area contributed by atoms with Gasteiger partial charge in [0.2, 0.25) is 5.88 Å². The number of hydrogen-bond acceptors (Lipinski definition) is 10. The second-order valence-electron chi connectivity index (χ2n) is 9.91. The number of carbonyl (C=O) groups is 2. The number of methoxy groups -OCH3 is 2. The number of hydroxylamine groups is 2. The third-order valence-corrected chi connectivity index (χ3v) is 9.18. The van der Waals surface area contributed by atoms with E-state index in [0.29, 0.717) is 10.1 Å². The first kappa shape index (κ1) is 29.7. The van der Waals surface area contributed by atoms with Gasteiger partial charge in [-0.15, -0.1) is 5.06 Å². The molecule has 0 radical (unpaired) electrons. The van der Waals surface area contributed by atoms with Gasteiger partial charge in [0.25, 0.3) is 15.9 Å². The summed E-state index contributed by atoms with van der Waals surface area (Å²) >= 11 is 6.44. The number of pyridine rings is 1. The summed E-state index contributed by atoms with van der Waals surface area (Å²) < 4.78 is 55.0. The predicted octanol–water partition coefficient (Wildman–Crippen LogP) is 3.16. The van der Waals surface area contributed by atoms with E-state index in [1.54, 1.807) is 0 Å². The van der Waals surface area contributed by atoms with Crippen molar-refractivity contribution in [3.8, 4) is 11.6 Å². The fourth-order valence-electron chi connectivity index (χ4n) is 5.58. The van der Waals surface area contributed by atoms with Gasteiger partial charge in [0.15, 0.2) is 5.54 Å². The Bertz CT molecular complexity index is 1640. The summed E-state index contributed by atoms with van der Waals surface area (Å²) in [6, 6.07) is 11.6. The van der Waals surface area contributed by atoms with E-state index < -0.39 is 46.2 Å². The highest BCUT2D eigenvalue weighted by molar-refractivity contribution is 7.93. The maximum Gasteiger partial charge on any atom is 0.342 e. The summed E-state index contributed by atoms with van der Waals surface area (Å²) in [6.45, 7) is -0.403. The Kier molecular flexibility index (Phi) is 7.88. The van der Waals surface area contributed by atoms with Crippen LogP contribution in [0.4, 0.5) is 10.1 Å². The second-order valence-corrected chi connectivity index (χ2v) is 12.1. The smallest absolute Gasteiger partial charge is 0.342 e. The van der Waals surface area contributed by atoms with Crippen LogP contribution >= 0.6 is 11.6 Å². The molecule has 1 aromatic heterocycles. The molecule has 1 fully saturated rings. The first-order valence-electron chi connectivity index (χ1n) is 12.8. The van der Waals surface area contributed by atoms with Crippen LogP contribution in [-0.4, -0.2) is 82.3 Å². The molecular weight excluding hydrogens is 591 g/mol. The zero-order valence-electron chi connectivity index (χ0n) is 23.2. The maximum atomic E-state index is 15.3. The zero-order chi connectivity index (χ0) is 30.4. The Morgan fingerprint density at radius 2 is 1.81 bits per heavy atom. The van der Waals surface area contributed by atoms with Gasteiger partial charge >= 0.3 is 5.97 Å². The van der Waals surface area contributed by atoms with Crippen LogP contribution in [0, 0.1) is 0 Å². The third-order valence-electron chi connectivity index (χ3n) is 7.24. The van der Waals surface area contributed by atoms with E-state index in [1.165, 1.54) is 94.0 Å². The van der Waals surface area contributed by atoms with Gasteiger partial charge in [-0.05, 0) is 54.6 Å². The average Bonchev–Trinajstić information content (AvgIpc) is 3.47. The second kappa shape index (κ2) is 11.1. The highest BCUT2D eigenvalue weighted by Crippen LogP contribution is 2.54. The molecule has 2 aliphatic heterocycles. The first-order chi connectivity index (χ1) is 20.0. The number of nitrogens with zero attached hydrogens (tertiary/aromatic N) is 4. The molecule has 5 rings (SSSR count). The number of fused-ring (bicyclic) bond motifs is 1. The van der Waals surface area contributed by atoms with Crippen molar-refractivity contribution in [3.63, 3.8) is 0 Å². The summed E-state index contributed by atoms with van der Waals surface area (Å²) in [4.78, 5) is 39.0. The fourth-order valence-corrected chi connectivity index (χ4v) is 7.21. The number of carbonyl (C=O) groups excluding carboxylic acids is 2. The maximum absolute atomic E-state index is 15.3. The number of rotatable bonds is 8. The van der Waals surface area contributed by atoms with Gasteiger partial charge in [0, 0.05) is 49.4 Å². The summed E-state index contributed by atoms with van der Waals surface area (Å²) in [5.74, 6) is -1.42. The van der Waals surface area contributed by atoms with E-state index in [1.807, 2.05) is 0 Å². The van der Waals surface area contributed by atoms with Crippen LogP contribution in [0.15, 0.2) is 65.7 Å². The molecule has 1 amide bonds. The van der Waals surface area contributed by atoms with Crippen molar-refractivity contribution in [2.75, 3.05) is 39.2 Å². The Hall–Kier alpha value is -3.78. The molecule has 0 aliphatic carbocycles. The molecule has 11 nitrogen and oxygen atoms in total. The Balaban J connectivity index is 1.82. The molecule has 222 valence electrons. The number of anilines is 1. The Morgan fingerprint density at radius 1 is 1.10 bits per heavy atom. The molecule has 42 heavy (non-hydrogen) atoms. The quantitative estimate of drug-likeness (QED) is 0.348. The minimum atomic E-state index is -4.56. The molecule has 2 aromatic carbocycles. The zero-order valence-corrected chi connectivity index (χ0v) is 24.7. The van der Waals surface area contributed by atoms with Crippen LogP contribution < -0.4 is 13.8 Å². The molecule has 0 N–H and O–H groups in total. The van der Waals surface area contributed by atoms with Gasteiger partial charge in [-0.25, -0.2) is 26.9 Å². The molecule has 3 atom stereocenters. The third kappa shape index (κ3) is 4.66. The van der Waals surface area contributed by atoms with Gasteiger partial charge in [-0.2, -0.15) is 0 Å². The number of halogens is 2. The molecule has 0 spiro atoms. The van der Waals surface area contributed by atoms with E-state index >= 15 is 4.39 Å². The Labute approximate surface area is 247 Å². The molecule has 0 saturated carbocycles. The molecule has 3 aromatic rings. The van der Waals surface area contributed by atoms with Crippen LogP contribution in [0.3, 0.4) is 0 Å². The average molecular weight is 619 g/mol. The lowest BCUT2D eigenvalue weighted by Crippen LogP contribution is -2.58. The number of alkyl halides is 1. The van der Waals surface area contributed by atoms with E-state index in [-0.39, 0.29) is 39.0 Å². The lowest BCUT2D eigenvalue weighted by molar-refractivity contribution is -0.185. The van der Waals surface area contributed by atoms with E-state index in [9.17, 15) is 18.0 Å². The number of amides is 1. The number of aromatic nitrogens is 1. The van der Waals surface area contributed by atoms with Crippen molar-refractivity contribution in [2.45, 2.75) is 29.1 Å². The molecule has 14 heteroatoms. The number of hydrogen-bond donors (Lipinski definition) is 0. The van der Waals surface area contributed by atoms with Crippen LogP contribution in [0.2, 0.25) is 5.02 Å². The largest absolute Gasteiger partial charge is 0.497 e. The molecule has 2 aliphatic rings. The summed E-state index contributed by atoms with van der Waals surface area (Å²) in [6.07, 6.45) is -0.419. The van der Waals surface area contributed by atoms with Crippen molar-refractivity contribution in [1.29, 1.82) is 0 Å². The molecule has 1 saturated heterocycles. The molecule has 1 unspecified atom stereocenters. The van der Waals surface area contributed by atoms with E-state index in [2.05, 4.69) is 4.98 Å². The summed E-state index contributed by atoms with van der Waals surface area (Å²) in [7, 11) is 1.20. The number of benzene rings is 2. The molecular formula is C28H28ClFN4O7S. The summed E-state index contributed by atoms with van der Waals surface area (Å²) in [5.41, 5.74) is -1.91. The van der Waals surface area contributed by atoms with Crippen molar-refractivity contribution >= 4 is 39.2 Å². The SMILES string of the molecule is COc1ccc(S(=O)(=O)N2C(=O)C(c3cccnc3OC)(N3C[C@H](F)C[C@H]3C(=O)ON(C)C)c3cc(Cl)ccc32)cc1. The monoisotopic (exact) mass is 618 g/mol. The highest BCUT2D eigenvalue weighted by atomic mass is 35.5. The topological polar surface area (TPSA) is 119 Å². The lowest BCUT2D eigenvalue weighted by Gasteiger charge is -2.40. The van der Waals surface area contributed by atoms with Crippen molar-refractivity contribution in [2.24, 2.45) is 0 Å². The van der Waals surface area contributed by atoms with E-state index in [0.717, 1.165) is 5.06 Å². The lowest BCUT2D eigenvalue weighted by atomic mass is 9.81. The van der Waals surface area contributed by atoms with Gasteiger partial charge in [-0.1, -0.05) is 11.6 Å². The fraction of sp³-hybridized carbons (Fsp3) is 0.321. The van der Waals surface area contributed by atoms with Crippen molar-refractivity contribution in [3.05, 3.63) is 76.9 Å². The molecule has 3 heterocycles. The van der Waals surface area contributed by atoms with Crippen molar-refractivity contribution < 1.29 is 36.7 Å². The normalized spacial score (nSPS) is 22.4. The first-order valence-corrected chi connectivity index (χ1v) is 14.6. The number of sulfonamides is 1. The number of likely N-dealkylation sites (tertiary alicyclic amines) is 1. The molecule has 0 bridgehead atoms. The predicted molar refractivity (Wildman–Crippen MR) is 150 cm³/mol. The van der Waals surface area contributed by atoms with E-state index in [4.69, 9.17) is 25.9 Å². The Morgan fingerprint density at radius 3 is 2.45 bits per heavy atom. The summed E-state index contributed by atoms with van der Waals surface area (Å²) in [5, 5.41) is 1.34. The van der Waals surface area contributed by atoms with Gasteiger partial charge in [0.05, 0.1) is 24.8 Å². The van der Waals surface area contributed by atoms with Crippen LogP contribution in [0.5, 0.6) is 11.6 Å². The van der Waals surface area contributed by atoms with Gasteiger partial charge in [0.1, 0.15) is 18.0 Å².